The number of benzene rings is 4. The van der Waals surface area contributed by atoms with Crippen LogP contribution >= 0.6 is 11.6 Å². The molecule has 0 aliphatic carbocycles. The van der Waals surface area contributed by atoms with Crippen molar-refractivity contribution in [3.8, 4) is 5.75 Å². The third-order valence-electron chi connectivity index (χ3n) is 5.83. The number of hydrogen-bond donors (Lipinski definition) is 1. The summed E-state index contributed by atoms with van der Waals surface area (Å²) in [6.07, 6.45) is 0. The number of fused-ring (bicyclic) bond motifs is 2. The topological polar surface area (TPSA) is 56.2 Å². The fourth-order valence-corrected chi connectivity index (χ4v) is 4.39. The molecule has 0 bridgehead atoms. The van der Waals surface area contributed by atoms with Crippen molar-refractivity contribution >= 4 is 39.3 Å². The van der Waals surface area contributed by atoms with Gasteiger partial charge in [-0.25, -0.2) is 4.98 Å². The van der Waals surface area contributed by atoms with Gasteiger partial charge in [0.15, 0.2) is 0 Å². The van der Waals surface area contributed by atoms with Crippen LogP contribution in [0.25, 0.3) is 21.8 Å². The Bertz CT molecular complexity index is 1470. The average Bonchev–Trinajstić information content (AvgIpc) is 3.23. The molecule has 0 saturated heterocycles. The molecule has 0 aliphatic heterocycles. The lowest BCUT2D eigenvalue weighted by Crippen LogP contribution is -2.29. The number of hydrogen-bond acceptors (Lipinski definition) is 3. The fourth-order valence-electron chi connectivity index (χ4n) is 4.20. The van der Waals surface area contributed by atoms with Gasteiger partial charge >= 0.3 is 0 Å². The summed E-state index contributed by atoms with van der Waals surface area (Å²) >= 11 is 6.05. The molecule has 1 aromatic heterocycles. The third-order valence-corrected chi connectivity index (χ3v) is 6.06. The van der Waals surface area contributed by atoms with E-state index in [-0.39, 0.29) is 11.9 Å². The number of nitrogens with zero attached hydrogens (tertiary/aromatic N) is 2. The number of ether oxygens (including phenoxy) is 1. The maximum absolute atomic E-state index is 12.8. The second kappa shape index (κ2) is 9.57. The fraction of sp³-hybridized carbons (Fsp3) is 0.143. The first-order chi connectivity index (χ1) is 16.6. The van der Waals surface area contributed by atoms with Gasteiger partial charge in [-0.1, -0.05) is 66.2 Å². The monoisotopic (exact) mass is 469 g/mol. The number of halogens is 1. The van der Waals surface area contributed by atoms with Gasteiger partial charge in [0, 0.05) is 16.0 Å². The highest BCUT2D eigenvalue weighted by molar-refractivity contribution is 6.30. The molecule has 0 fully saturated rings. The van der Waals surface area contributed by atoms with Gasteiger partial charge < -0.3 is 14.6 Å². The number of imidazole rings is 1. The Balaban J connectivity index is 1.38. The summed E-state index contributed by atoms with van der Waals surface area (Å²) in [6.45, 7) is 3.00. The van der Waals surface area contributed by atoms with Gasteiger partial charge in [0.05, 0.1) is 23.6 Å². The minimum atomic E-state index is -0.309. The van der Waals surface area contributed by atoms with Gasteiger partial charge in [0.1, 0.15) is 18.2 Å². The van der Waals surface area contributed by atoms with Crippen LogP contribution in [-0.4, -0.2) is 22.1 Å². The smallest absolute Gasteiger partial charge is 0.251 e. The molecule has 0 aliphatic rings. The van der Waals surface area contributed by atoms with E-state index in [4.69, 9.17) is 21.3 Å². The highest BCUT2D eigenvalue weighted by Crippen LogP contribution is 2.26. The molecule has 34 heavy (non-hydrogen) atoms. The van der Waals surface area contributed by atoms with Gasteiger partial charge in [-0.3, -0.25) is 4.79 Å². The molecule has 1 N–H and O–H groups in total. The molecule has 1 amide bonds. The highest BCUT2D eigenvalue weighted by Gasteiger charge is 2.19. The van der Waals surface area contributed by atoms with Crippen molar-refractivity contribution < 1.29 is 9.53 Å². The minimum absolute atomic E-state index is 0.194. The number of para-hydroxylation sites is 2. The van der Waals surface area contributed by atoms with Crippen LogP contribution in [0.4, 0.5) is 0 Å². The van der Waals surface area contributed by atoms with E-state index < -0.39 is 0 Å². The van der Waals surface area contributed by atoms with E-state index >= 15 is 0 Å². The predicted octanol–water partition coefficient (Wildman–Crippen LogP) is 6.41. The van der Waals surface area contributed by atoms with E-state index in [1.807, 2.05) is 55.5 Å². The Morgan fingerprint density at radius 3 is 2.65 bits per heavy atom. The maximum Gasteiger partial charge on any atom is 0.251 e. The normalized spacial score (nSPS) is 12.1. The van der Waals surface area contributed by atoms with Crippen molar-refractivity contribution in [3.63, 3.8) is 0 Å². The first-order valence-corrected chi connectivity index (χ1v) is 11.6. The van der Waals surface area contributed by atoms with Gasteiger partial charge in [0.2, 0.25) is 0 Å². The standard InChI is InChI=1S/C28H24ClN3O2/c1-19(30-28(33)21-10-6-11-22(29)18-21)27-31-24-13-4-5-14-25(24)32(27)16-17-34-26-15-7-9-20-8-2-3-12-23(20)26/h2-15,18-19H,16-17H2,1H3,(H,30,33). The van der Waals surface area contributed by atoms with Crippen molar-refractivity contribution in [2.24, 2.45) is 0 Å². The van der Waals surface area contributed by atoms with Crippen molar-refractivity contribution in [1.29, 1.82) is 0 Å². The zero-order chi connectivity index (χ0) is 23.5. The van der Waals surface area contributed by atoms with E-state index in [0.29, 0.717) is 23.7 Å². The lowest BCUT2D eigenvalue weighted by atomic mass is 10.1. The molecule has 1 atom stereocenters. The SMILES string of the molecule is CC(NC(=O)c1cccc(Cl)c1)c1nc2ccccc2n1CCOc1cccc2ccccc12. The number of carbonyl (C=O) groups is 1. The minimum Gasteiger partial charge on any atom is -0.491 e. The molecule has 0 spiro atoms. The Morgan fingerprint density at radius 1 is 1.00 bits per heavy atom. The number of rotatable bonds is 7. The lowest BCUT2D eigenvalue weighted by Gasteiger charge is -2.17. The summed E-state index contributed by atoms with van der Waals surface area (Å²) in [5, 5.41) is 5.81. The van der Waals surface area contributed by atoms with Crippen LogP contribution in [0.5, 0.6) is 5.75 Å². The molecule has 0 saturated carbocycles. The Labute approximate surface area is 203 Å². The summed E-state index contributed by atoms with van der Waals surface area (Å²) in [7, 11) is 0. The molecular weight excluding hydrogens is 446 g/mol. The van der Waals surface area contributed by atoms with Crippen molar-refractivity contribution in [3.05, 3.63) is 107 Å². The van der Waals surface area contributed by atoms with Crippen molar-refractivity contribution in [2.45, 2.75) is 19.5 Å². The largest absolute Gasteiger partial charge is 0.491 e. The molecule has 1 unspecified atom stereocenters. The first kappa shape index (κ1) is 22.0. The van der Waals surface area contributed by atoms with Gasteiger partial charge in [0.25, 0.3) is 5.91 Å². The summed E-state index contributed by atoms with van der Waals surface area (Å²) < 4.78 is 8.30. The maximum atomic E-state index is 12.8. The zero-order valence-corrected chi connectivity index (χ0v) is 19.5. The molecule has 0 radical (unpaired) electrons. The number of amides is 1. The van der Waals surface area contributed by atoms with Gasteiger partial charge in [-0.2, -0.15) is 0 Å². The average molecular weight is 470 g/mol. The predicted molar refractivity (Wildman–Crippen MR) is 137 cm³/mol. The van der Waals surface area contributed by atoms with Gasteiger partial charge in [-0.15, -0.1) is 0 Å². The molecule has 5 nitrogen and oxygen atoms in total. The molecule has 170 valence electrons. The molecule has 6 heteroatoms. The summed E-state index contributed by atoms with van der Waals surface area (Å²) in [4.78, 5) is 17.6. The van der Waals surface area contributed by atoms with Crippen molar-refractivity contribution in [2.75, 3.05) is 6.61 Å². The summed E-state index contributed by atoms with van der Waals surface area (Å²) in [5.41, 5.74) is 2.40. The molecule has 5 aromatic rings. The molecular formula is C28H24ClN3O2. The quantitative estimate of drug-likeness (QED) is 0.299. The van der Waals surface area contributed by atoms with E-state index in [0.717, 1.165) is 33.4 Å². The van der Waals surface area contributed by atoms with Crippen LogP contribution in [0.1, 0.15) is 29.1 Å². The van der Waals surface area contributed by atoms with Crippen LogP contribution in [0.3, 0.4) is 0 Å². The van der Waals surface area contributed by atoms with E-state index in [2.05, 4.69) is 28.1 Å². The number of nitrogens with one attached hydrogen (secondary N) is 1. The number of carbonyl (C=O) groups excluding carboxylic acids is 1. The third kappa shape index (κ3) is 4.47. The van der Waals surface area contributed by atoms with Crippen LogP contribution in [0.2, 0.25) is 5.02 Å². The highest BCUT2D eigenvalue weighted by atomic mass is 35.5. The zero-order valence-electron chi connectivity index (χ0n) is 18.7. The Hall–Kier alpha value is -3.83. The van der Waals surface area contributed by atoms with E-state index in [1.165, 1.54) is 0 Å². The van der Waals surface area contributed by atoms with E-state index in [1.54, 1.807) is 24.3 Å². The Morgan fingerprint density at radius 2 is 1.76 bits per heavy atom. The first-order valence-electron chi connectivity index (χ1n) is 11.2. The van der Waals surface area contributed by atoms with E-state index in [9.17, 15) is 4.79 Å². The van der Waals surface area contributed by atoms with Crippen LogP contribution < -0.4 is 10.1 Å². The molecule has 5 rings (SSSR count). The second-order valence-electron chi connectivity index (χ2n) is 8.14. The number of aromatic nitrogens is 2. The summed E-state index contributed by atoms with van der Waals surface area (Å²) in [5.74, 6) is 1.44. The van der Waals surface area contributed by atoms with Crippen molar-refractivity contribution in [1.82, 2.24) is 14.9 Å². The summed E-state index contributed by atoms with van der Waals surface area (Å²) in [6, 6.07) is 28.8. The van der Waals surface area contributed by atoms with Crippen LogP contribution in [0, 0.1) is 0 Å². The second-order valence-corrected chi connectivity index (χ2v) is 8.58. The Kier molecular flexibility index (Phi) is 6.19. The van der Waals surface area contributed by atoms with Crippen LogP contribution in [-0.2, 0) is 6.54 Å². The molecule has 1 heterocycles. The van der Waals surface area contributed by atoms with Crippen LogP contribution in [0.15, 0.2) is 91.0 Å². The lowest BCUT2D eigenvalue weighted by molar-refractivity contribution is 0.0937. The van der Waals surface area contributed by atoms with Gasteiger partial charge in [-0.05, 0) is 48.7 Å². The molecule has 4 aromatic carbocycles.